The van der Waals surface area contributed by atoms with Crippen LogP contribution in [0.2, 0.25) is 5.02 Å². The maximum absolute atomic E-state index is 12.8. The van der Waals surface area contributed by atoms with E-state index >= 15 is 0 Å². The Morgan fingerprint density at radius 3 is 2.44 bits per heavy atom. The zero-order valence-corrected chi connectivity index (χ0v) is 20.3. The highest BCUT2D eigenvalue weighted by Gasteiger charge is 2.18. The first-order valence-corrected chi connectivity index (χ1v) is 11.4. The van der Waals surface area contributed by atoms with E-state index in [0.717, 1.165) is 36.2 Å². The first kappa shape index (κ1) is 24.9. The van der Waals surface area contributed by atoms with E-state index in [1.807, 2.05) is 62.4 Å². The van der Waals surface area contributed by atoms with Gasteiger partial charge in [-0.1, -0.05) is 55.8 Å². The Balaban J connectivity index is 0.000000204. The number of hydrogen-bond donors (Lipinski definition) is 3. The summed E-state index contributed by atoms with van der Waals surface area (Å²) in [4.78, 5) is 23.9. The topological polar surface area (TPSA) is 121 Å². The molecule has 178 valence electrons. The molecular formula is C25H29ClN6O2. The molecule has 0 aliphatic carbocycles. The van der Waals surface area contributed by atoms with Crippen LogP contribution >= 0.6 is 11.6 Å². The molecule has 0 saturated carbocycles. The number of amides is 1. The van der Waals surface area contributed by atoms with Gasteiger partial charge in [0.25, 0.3) is 11.5 Å². The number of aromatic nitrogens is 3. The monoisotopic (exact) mass is 480 g/mol. The fourth-order valence-electron chi connectivity index (χ4n) is 3.73. The number of nitrogens with two attached hydrogens (primary N) is 2. The molecule has 0 saturated heterocycles. The molecule has 4 rings (SSSR count). The Bertz CT molecular complexity index is 1360. The second-order valence-electron chi connectivity index (χ2n) is 7.69. The minimum atomic E-state index is -0.561. The second-order valence-corrected chi connectivity index (χ2v) is 8.10. The van der Waals surface area contributed by atoms with Crippen LogP contribution in [0.25, 0.3) is 16.5 Å². The molecule has 0 bridgehead atoms. The molecule has 0 spiro atoms. The minimum Gasteiger partial charge on any atom is -0.381 e. The quantitative estimate of drug-likeness (QED) is 0.383. The van der Waals surface area contributed by atoms with Crippen molar-refractivity contribution in [2.24, 2.45) is 12.8 Å². The summed E-state index contributed by atoms with van der Waals surface area (Å²) in [5, 5.41) is 8.94. The third-order valence-electron chi connectivity index (χ3n) is 5.31. The number of halogens is 1. The van der Waals surface area contributed by atoms with Gasteiger partial charge in [-0.15, -0.1) is 0 Å². The van der Waals surface area contributed by atoms with Crippen molar-refractivity contribution >= 4 is 39.9 Å². The average molecular weight is 481 g/mol. The summed E-state index contributed by atoms with van der Waals surface area (Å²) in [5.74, 6) is 0.185. The molecule has 5 N–H and O–H groups in total. The summed E-state index contributed by atoms with van der Waals surface area (Å²) < 4.78 is 3.26. The fraction of sp³-hybridized carbons (Fsp3) is 0.240. The van der Waals surface area contributed by atoms with Crippen molar-refractivity contribution in [3.05, 3.63) is 81.2 Å². The number of primary amides is 1. The van der Waals surface area contributed by atoms with E-state index in [-0.39, 0.29) is 16.9 Å². The largest absolute Gasteiger partial charge is 0.381 e. The Kier molecular flexibility index (Phi) is 7.96. The zero-order chi connectivity index (χ0) is 24.8. The number of para-hydroxylation sites is 1. The summed E-state index contributed by atoms with van der Waals surface area (Å²) in [6.07, 6.45) is 1.73. The fourth-order valence-corrected chi connectivity index (χ4v) is 3.99. The van der Waals surface area contributed by atoms with Crippen LogP contribution in [0.4, 0.5) is 11.6 Å². The molecule has 2 heterocycles. The first-order chi connectivity index (χ1) is 16.3. The Labute approximate surface area is 203 Å². The van der Waals surface area contributed by atoms with Crippen LogP contribution in [-0.2, 0) is 13.5 Å². The molecule has 0 radical (unpaired) electrons. The summed E-state index contributed by atoms with van der Waals surface area (Å²) in [5.41, 5.74) is 12.8. The lowest BCUT2D eigenvalue weighted by molar-refractivity contribution is 0.100. The summed E-state index contributed by atoms with van der Waals surface area (Å²) in [6.45, 7) is 4.82. The molecule has 0 aliphatic heterocycles. The van der Waals surface area contributed by atoms with Gasteiger partial charge in [-0.2, -0.15) is 5.10 Å². The molecule has 0 atom stereocenters. The van der Waals surface area contributed by atoms with E-state index in [0.29, 0.717) is 16.2 Å². The lowest BCUT2D eigenvalue weighted by Gasteiger charge is -2.14. The number of aryl methyl sites for hydroxylation is 2. The Morgan fingerprint density at radius 2 is 1.82 bits per heavy atom. The predicted molar refractivity (Wildman–Crippen MR) is 139 cm³/mol. The van der Waals surface area contributed by atoms with Crippen LogP contribution in [0.3, 0.4) is 0 Å². The number of fused-ring (bicyclic) bond motifs is 1. The number of hydrogen-bond acceptors (Lipinski definition) is 5. The van der Waals surface area contributed by atoms with Gasteiger partial charge >= 0.3 is 0 Å². The third-order valence-corrected chi connectivity index (χ3v) is 5.63. The van der Waals surface area contributed by atoms with E-state index in [9.17, 15) is 9.59 Å². The highest BCUT2D eigenvalue weighted by Crippen LogP contribution is 2.23. The number of rotatable bonds is 6. The van der Waals surface area contributed by atoms with Crippen molar-refractivity contribution in [3.63, 3.8) is 0 Å². The number of pyridine rings is 1. The van der Waals surface area contributed by atoms with Crippen LogP contribution in [0.5, 0.6) is 0 Å². The van der Waals surface area contributed by atoms with E-state index in [1.54, 1.807) is 17.7 Å². The molecule has 34 heavy (non-hydrogen) atoms. The van der Waals surface area contributed by atoms with Crippen molar-refractivity contribution in [2.75, 3.05) is 17.6 Å². The standard InChI is InChI=1S/C17H14ClNO.C8H15N5O/c1-2-13-11-12-7-6-10-15(18)16(12)17(20)19(13)14-8-4-3-5-9-14;1-3-4-11-8-5(7(10)14)6(9)12-13(8)2/h3-11H,2H2,1H3;11H,3-4H2,1-2H3,(H2,9,12)(H2,10,14). The molecule has 9 heteroatoms. The first-order valence-electron chi connectivity index (χ1n) is 11.0. The van der Waals surface area contributed by atoms with Crippen LogP contribution in [0.1, 0.15) is 36.3 Å². The van der Waals surface area contributed by atoms with Crippen LogP contribution in [0, 0.1) is 0 Å². The van der Waals surface area contributed by atoms with Crippen molar-refractivity contribution in [1.29, 1.82) is 0 Å². The van der Waals surface area contributed by atoms with Gasteiger partial charge in [0.1, 0.15) is 11.4 Å². The maximum Gasteiger partial charge on any atom is 0.264 e. The van der Waals surface area contributed by atoms with E-state index < -0.39 is 5.91 Å². The van der Waals surface area contributed by atoms with Crippen LogP contribution in [-0.4, -0.2) is 26.8 Å². The molecule has 1 amide bonds. The maximum atomic E-state index is 12.8. The number of benzene rings is 2. The van der Waals surface area contributed by atoms with Gasteiger partial charge in [-0.3, -0.25) is 18.8 Å². The van der Waals surface area contributed by atoms with E-state index in [4.69, 9.17) is 23.1 Å². The molecule has 2 aromatic heterocycles. The zero-order valence-electron chi connectivity index (χ0n) is 19.5. The molecule has 0 unspecified atom stereocenters. The van der Waals surface area contributed by atoms with Gasteiger partial charge in [0.15, 0.2) is 5.82 Å². The summed E-state index contributed by atoms with van der Waals surface area (Å²) in [6, 6.07) is 17.3. The highest BCUT2D eigenvalue weighted by atomic mass is 35.5. The van der Waals surface area contributed by atoms with E-state index in [2.05, 4.69) is 10.4 Å². The predicted octanol–water partition coefficient (Wildman–Crippen LogP) is 4.13. The Hall–Kier alpha value is -3.78. The molecular weight excluding hydrogens is 452 g/mol. The second kappa shape index (κ2) is 10.9. The molecule has 4 aromatic rings. The Morgan fingerprint density at radius 1 is 1.12 bits per heavy atom. The molecule has 0 aliphatic rings. The van der Waals surface area contributed by atoms with Crippen molar-refractivity contribution < 1.29 is 4.79 Å². The van der Waals surface area contributed by atoms with Gasteiger partial charge in [0.2, 0.25) is 0 Å². The lowest BCUT2D eigenvalue weighted by atomic mass is 10.1. The van der Waals surface area contributed by atoms with E-state index in [1.165, 1.54) is 4.68 Å². The van der Waals surface area contributed by atoms with Gasteiger partial charge in [0, 0.05) is 25.0 Å². The van der Waals surface area contributed by atoms with Crippen molar-refractivity contribution in [2.45, 2.75) is 26.7 Å². The van der Waals surface area contributed by atoms with Gasteiger partial charge in [0.05, 0.1) is 10.4 Å². The minimum absolute atomic E-state index is 0.0591. The SMILES string of the molecule is CCCNc1c(C(N)=O)c(N)nn1C.CCc1cc2cccc(Cl)c2c(=O)n1-c1ccccc1. The smallest absolute Gasteiger partial charge is 0.264 e. The molecule has 0 fully saturated rings. The van der Waals surface area contributed by atoms with Crippen LogP contribution in [0.15, 0.2) is 59.4 Å². The van der Waals surface area contributed by atoms with Gasteiger partial charge in [-0.05, 0) is 42.5 Å². The third kappa shape index (κ3) is 5.07. The summed E-state index contributed by atoms with van der Waals surface area (Å²) >= 11 is 6.20. The lowest BCUT2D eigenvalue weighted by Crippen LogP contribution is -2.22. The molecule has 2 aromatic carbocycles. The number of nitrogens with zero attached hydrogens (tertiary/aromatic N) is 3. The summed E-state index contributed by atoms with van der Waals surface area (Å²) in [7, 11) is 1.71. The highest BCUT2D eigenvalue weighted by molar-refractivity contribution is 6.35. The number of anilines is 2. The molecule has 8 nitrogen and oxygen atoms in total. The van der Waals surface area contributed by atoms with Crippen molar-refractivity contribution in [1.82, 2.24) is 14.3 Å². The van der Waals surface area contributed by atoms with Crippen molar-refractivity contribution in [3.8, 4) is 5.69 Å². The van der Waals surface area contributed by atoms with Gasteiger partial charge < -0.3 is 16.8 Å². The normalized spacial score (nSPS) is 10.6. The van der Waals surface area contributed by atoms with Gasteiger partial charge in [-0.25, -0.2) is 0 Å². The average Bonchev–Trinajstić information content (AvgIpc) is 3.11. The number of nitrogen functional groups attached to an aromatic ring is 1. The number of carbonyl (C=O) groups is 1. The van der Waals surface area contributed by atoms with Crippen LogP contribution < -0.4 is 22.3 Å². The number of nitrogens with one attached hydrogen (secondary N) is 1. The number of carbonyl (C=O) groups excluding carboxylic acids is 1.